The predicted octanol–water partition coefficient (Wildman–Crippen LogP) is -13.4. The highest BCUT2D eigenvalue weighted by atomic mass is 32.3. The molecule has 4 fully saturated rings. The highest BCUT2D eigenvalue weighted by molar-refractivity contribution is 7.83. The molecule has 8 N–H and O–H groups in total. The van der Waals surface area contributed by atoms with Crippen molar-refractivity contribution >= 4 is 53.4 Å². The fourth-order valence-corrected chi connectivity index (χ4v) is 8.43. The summed E-state index contributed by atoms with van der Waals surface area (Å²) < 4.78 is 198. The van der Waals surface area contributed by atoms with Gasteiger partial charge >= 0.3 is 0 Å². The van der Waals surface area contributed by atoms with E-state index in [9.17, 15) is 97.2 Å². The molecule has 4 aliphatic heterocycles. The van der Waals surface area contributed by atoms with Crippen molar-refractivity contribution in [3.05, 3.63) is 0 Å². The van der Waals surface area contributed by atoms with Gasteiger partial charge in [0.15, 0.2) is 41.6 Å². The number of carboxylic acid groups (broad SMARTS) is 2. The molecule has 65 heavy (non-hydrogen) atoms. The fourth-order valence-electron chi connectivity index (χ4n) is 6.76. The van der Waals surface area contributed by atoms with Crippen LogP contribution in [0.2, 0.25) is 0 Å². The Labute approximate surface area is 365 Å². The van der Waals surface area contributed by atoms with Crippen LogP contribution in [0.4, 0.5) is 0 Å². The average Bonchev–Trinajstić information content (AvgIpc) is 3.16. The Morgan fingerprint density at radius 3 is 1.48 bits per heavy atom. The number of methoxy groups -OCH3 is 2. The molecule has 4 heterocycles. The third-order valence-corrected chi connectivity index (χ3v) is 11.4. The SMILES string of the molecule is CO[C@@H]1OC(COS(=O)(=O)[O-])[C@@H](O[C@@H]2OC(C(=O)[O-])[C@@H](O[C@@H]3OC(COS(=O)(=O)[O-])[C@@H](O[C@@H]4OC(C(=O)[O-])[C@@H](OC)[C@H](O)C4OS(=O)(=O)[O-])[C@H](O)C3N)[C@H](O)C2O)[C@H](O)C1NS(=O)(=O)[O-]. The summed E-state index contributed by atoms with van der Waals surface area (Å²) in [5, 5.41) is 79.4. The quantitative estimate of drug-likeness (QED) is 0.0440. The minimum absolute atomic E-state index is 0.797. The number of hydrogen-bond acceptors (Lipinski definition) is 34. The number of aliphatic carboxylic acids is 2. The van der Waals surface area contributed by atoms with Gasteiger partial charge in [-0.15, -0.1) is 0 Å². The number of rotatable bonds is 20. The van der Waals surface area contributed by atoms with Crippen molar-refractivity contribution in [2.75, 3.05) is 27.4 Å². The average molecular weight is 1030 g/mol. The third kappa shape index (κ3) is 14.4. The van der Waals surface area contributed by atoms with E-state index in [0.717, 1.165) is 14.2 Å². The number of nitrogens with two attached hydrogens (primary N) is 1. The maximum absolute atomic E-state index is 12.4. The lowest BCUT2D eigenvalue weighted by Crippen LogP contribution is -2.70. The van der Waals surface area contributed by atoms with Gasteiger partial charge in [0.1, 0.15) is 85.4 Å². The molecule has 380 valence electrons. The normalized spacial score (nSPS) is 41.2. The second-order valence-electron chi connectivity index (χ2n) is 13.8. The van der Waals surface area contributed by atoms with Crippen LogP contribution >= 0.6 is 0 Å². The maximum Gasteiger partial charge on any atom is 0.218 e. The monoisotopic (exact) mass is 1030 g/mol. The standard InChI is InChI=1S/C26H44N2O33S4/c1-50-16-13(33)18(61-65(47,48)49)26(60-19(16)21(34)35)57-14-5(3-52-63(41,42)43)54-23(7(27)9(14)29)58-17-11(31)12(32)25(59-20(17)22(36)37)56-15-6(4-53-64(44,45)46)55-24(51-2)8(10(15)30)28-62(38,39)40/h5-20,23-26,28-33H,3-4,27H2,1-2H3,(H,34,35)(H,36,37)(H,38,39,40)(H,41,42,43)(H,44,45,46)(H,47,48,49)/p-6/t5?,6?,7?,8?,9-,10-,11-,12?,13+,14-,15-,16+,17+,18?,19?,20?,23+,24-,25-,26-/m1/s1. The summed E-state index contributed by atoms with van der Waals surface area (Å²) in [6, 6.07) is -4.32. The Kier molecular flexibility index (Phi) is 18.4. The highest BCUT2D eigenvalue weighted by Crippen LogP contribution is 2.35. The lowest BCUT2D eigenvalue weighted by molar-refractivity contribution is -0.386. The Morgan fingerprint density at radius 1 is 0.554 bits per heavy atom. The van der Waals surface area contributed by atoms with Gasteiger partial charge in [-0.25, -0.2) is 38.4 Å². The Balaban J connectivity index is 1.63. The number of carboxylic acids is 2. The first kappa shape index (κ1) is 55.4. The smallest absolute Gasteiger partial charge is 0.218 e. The number of carbonyl (C=O) groups excluding carboxylic acids is 2. The van der Waals surface area contributed by atoms with Gasteiger partial charge in [-0.05, 0) is 0 Å². The van der Waals surface area contributed by atoms with E-state index in [0.29, 0.717) is 0 Å². The van der Waals surface area contributed by atoms with Crippen LogP contribution in [0.1, 0.15) is 0 Å². The fraction of sp³-hybridized carbons (Fsp3) is 0.923. The minimum Gasteiger partial charge on any atom is -0.735 e. The molecule has 35 nitrogen and oxygen atoms in total. The Morgan fingerprint density at radius 2 is 1.02 bits per heavy atom. The zero-order chi connectivity index (χ0) is 49.3. The van der Waals surface area contributed by atoms with E-state index in [4.69, 9.17) is 48.4 Å². The number of aliphatic hydroxyl groups excluding tert-OH is 5. The predicted molar refractivity (Wildman–Crippen MR) is 178 cm³/mol. The molecule has 20 atom stereocenters. The van der Waals surface area contributed by atoms with Crippen LogP contribution in [0.3, 0.4) is 0 Å². The van der Waals surface area contributed by atoms with Crippen molar-refractivity contribution in [1.29, 1.82) is 0 Å². The molecule has 0 radical (unpaired) electrons. The van der Waals surface area contributed by atoms with Gasteiger partial charge in [0.05, 0.1) is 31.2 Å². The van der Waals surface area contributed by atoms with E-state index in [2.05, 4.69) is 12.5 Å². The first-order chi connectivity index (χ1) is 29.8. The third-order valence-electron chi connectivity index (χ3n) is 9.56. The summed E-state index contributed by atoms with van der Waals surface area (Å²) in [4.78, 5) is 24.2. The number of nitrogens with one attached hydrogen (secondary N) is 1. The van der Waals surface area contributed by atoms with Crippen molar-refractivity contribution in [2.45, 2.75) is 123 Å². The van der Waals surface area contributed by atoms with E-state index in [1.54, 1.807) is 0 Å². The van der Waals surface area contributed by atoms with Gasteiger partial charge in [-0.2, -0.15) is 0 Å². The minimum atomic E-state index is -5.84. The van der Waals surface area contributed by atoms with E-state index in [1.165, 1.54) is 4.72 Å². The molecule has 0 aliphatic carbocycles. The summed E-state index contributed by atoms with van der Waals surface area (Å²) >= 11 is 0. The molecule has 0 aromatic rings. The van der Waals surface area contributed by atoms with Crippen molar-refractivity contribution in [2.24, 2.45) is 5.73 Å². The van der Waals surface area contributed by atoms with E-state index in [1.807, 2.05) is 0 Å². The molecule has 4 rings (SSSR count). The second-order valence-corrected chi connectivity index (χ2v) is 18.1. The van der Waals surface area contributed by atoms with Crippen molar-refractivity contribution in [3.8, 4) is 0 Å². The van der Waals surface area contributed by atoms with Crippen LogP contribution in [-0.2, 0) is 106 Å². The highest BCUT2D eigenvalue weighted by Gasteiger charge is 2.56. The zero-order valence-corrected chi connectivity index (χ0v) is 35.6. The second kappa shape index (κ2) is 21.6. The largest absolute Gasteiger partial charge is 0.735 e. The van der Waals surface area contributed by atoms with Crippen LogP contribution in [0.15, 0.2) is 0 Å². The molecule has 4 aliphatic rings. The molecule has 0 spiro atoms. The lowest BCUT2D eigenvalue weighted by atomic mass is 9.94. The summed E-state index contributed by atoms with van der Waals surface area (Å²) in [6.07, 6.45) is -43.3. The molecule has 0 aromatic heterocycles. The Hall–Kier alpha value is -2.18. The summed E-state index contributed by atoms with van der Waals surface area (Å²) in [6.45, 7) is -2.92. The maximum atomic E-state index is 12.4. The molecule has 0 amide bonds. The van der Waals surface area contributed by atoms with Crippen LogP contribution < -0.4 is 20.7 Å². The van der Waals surface area contributed by atoms with Gasteiger partial charge in [-0.1, -0.05) is 0 Å². The van der Waals surface area contributed by atoms with Crippen molar-refractivity contribution in [1.82, 2.24) is 4.72 Å². The van der Waals surface area contributed by atoms with Crippen LogP contribution in [0, 0.1) is 0 Å². The zero-order valence-electron chi connectivity index (χ0n) is 32.3. The molecule has 0 aromatic carbocycles. The molecule has 0 bridgehead atoms. The van der Waals surface area contributed by atoms with Crippen molar-refractivity contribution < 1.29 is 152 Å². The van der Waals surface area contributed by atoms with Crippen LogP contribution in [0.25, 0.3) is 0 Å². The number of ether oxygens (including phenoxy) is 9. The summed E-state index contributed by atoms with van der Waals surface area (Å²) in [5.74, 6) is -4.50. The van der Waals surface area contributed by atoms with Crippen LogP contribution in [-0.4, -0.2) is 239 Å². The van der Waals surface area contributed by atoms with Gasteiger partial charge in [0, 0.05) is 14.2 Å². The van der Waals surface area contributed by atoms with Gasteiger partial charge in [0.2, 0.25) is 31.2 Å². The molecular weight excluding hydrogens is 997 g/mol. The topological polar surface area (TPSA) is 559 Å². The van der Waals surface area contributed by atoms with Gasteiger partial charge < -0.3 is 112 Å². The number of hydrogen-bond donors (Lipinski definition) is 7. The number of carbonyl (C=O) groups is 2. The summed E-state index contributed by atoms with van der Waals surface area (Å²) in [7, 11) is -21.0. The van der Waals surface area contributed by atoms with Gasteiger partial charge in [-0.3, -0.25) is 12.5 Å². The molecule has 39 heteroatoms. The molecule has 4 saturated heterocycles. The number of aliphatic hydroxyl groups is 5. The first-order valence-electron chi connectivity index (χ1n) is 17.6. The molecular formula is C26H38N2O33S4-6. The van der Waals surface area contributed by atoms with Crippen molar-refractivity contribution in [3.63, 3.8) is 0 Å². The van der Waals surface area contributed by atoms with E-state index >= 15 is 0 Å². The molecule has 8 unspecified atom stereocenters. The van der Waals surface area contributed by atoms with E-state index in [-0.39, 0.29) is 0 Å². The van der Waals surface area contributed by atoms with Gasteiger partial charge in [0.25, 0.3) is 0 Å². The molecule has 0 saturated carbocycles. The lowest BCUT2D eigenvalue weighted by Gasteiger charge is -2.50. The van der Waals surface area contributed by atoms with Crippen LogP contribution in [0.5, 0.6) is 0 Å². The first-order valence-corrected chi connectivity index (χ1v) is 23.0. The summed E-state index contributed by atoms with van der Waals surface area (Å²) in [5.41, 5.74) is 6.02. The van der Waals surface area contributed by atoms with E-state index < -0.39 is 189 Å². The Bertz CT molecular complexity index is 2100.